The molecule has 1 aliphatic rings. The summed E-state index contributed by atoms with van der Waals surface area (Å²) in [5.74, 6) is 0.446. The van der Waals surface area contributed by atoms with Crippen LogP contribution in [-0.4, -0.2) is 34.7 Å². The van der Waals surface area contributed by atoms with Gasteiger partial charge in [-0.15, -0.1) is 0 Å². The average Bonchev–Trinajstić information content (AvgIpc) is 3.39. The van der Waals surface area contributed by atoms with Crippen molar-refractivity contribution in [2.24, 2.45) is 0 Å². The number of benzene rings is 2. The zero-order chi connectivity index (χ0) is 18.1. The predicted octanol–water partition coefficient (Wildman–Crippen LogP) is 1.83. The van der Waals surface area contributed by atoms with E-state index in [9.17, 15) is 9.59 Å². The summed E-state index contributed by atoms with van der Waals surface area (Å²) in [6, 6.07) is 17.0. The Morgan fingerprint density at radius 1 is 1.12 bits per heavy atom. The van der Waals surface area contributed by atoms with Crippen LogP contribution in [0.5, 0.6) is 0 Å². The molecule has 1 N–H and O–H groups in total. The minimum absolute atomic E-state index is 0.0649. The number of para-hydroxylation sites is 2. The molecule has 0 saturated carbocycles. The largest absolute Gasteiger partial charge is 0.469 e. The van der Waals surface area contributed by atoms with E-state index in [1.54, 1.807) is 10.6 Å². The quantitative estimate of drug-likeness (QED) is 0.561. The number of nitrogens with zero attached hydrogens (tertiary/aromatic N) is 2. The minimum atomic E-state index is -0.239. The molecule has 0 amide bonds. The van der Waals surface area contributed by atoms with Crippen LogP contribution in [0, 0.1) is 0 Å². The Hall–Kier alpha value is -2.99. The molecule has 6 nitrogen and oxygen atoms in total. The fourth-order valence-electron chi connectivity index (χ4n) is 3.24. The Kier molecular flexibility index (Phi) is 4.26. The van der Waals surface area contributed by atoms with E-state index in [1.165, 1.54) is 7.11 Å². The molecule has 1 aliphatic heterocycles. The standard InChI is InChI=1S/C20H19N3O3/c1-26-19(24)12-17-16(21-17)11-18-22-15-10-6-5-9-14(15)20(25)23(18)13-7-3-2-4-8-13/h2-10,16-17,21H,11-12H2,1H3. The lowest BCUT2D eigenvalue weighted by Crippen LogP contribution is -2.25. The second kappa shape index (κ2) is 6.72. The molecule has 26 heavy (non-hydrogen) atoms. The predicted molar refractivity (Wildman–Crippen MR) is 98.4 cm³/mol. The number of aromatic nitrogens is 2. The summed E-state index contributed by atoms with van der Waals surface area (Å²) >= 11 is 0. The van der Waals surface area contributed by atoms with E-state index in [2.05, 4.69) is 5.32 Å². The summed E-state index contributed by atoms with van der Waals surface area (Å²) in [5.41, 5.74) is 1.39. The molecular formula is C20H19N3O3. The first kappa shape index (κ1) is 16.5. The van der Waals surface area contributed by atoms with Crippen LogP contribution >= 0.6 is 0 Å². The molecule has 2 atom stereocenters. The molecule has 0 bridgehead atoms. The second-order valence-electron chi connectivity index (χ2n) is 6.39. The van der Waals surface area contributed by atoms with Gasteiger partial charge >= 0.3 is 5.97 Å². The molecule has 6 heteroatoms. The third kappa shape index (κ3) is 3.11. The van der Waals surface area contributed by atoms with Gasteiger partial charge in [0, 0.05) is 18.5 Å². The topological polar surface area (TPSA) is 83.1 Å². The SMILES string of the molecule is COC(=O)CC1NC1Cc1nc2ccccc2c(=O)n1-c1ccccc1. The molecule has 1 fully saturated rings. The highest BCUT2D eigenvalue weighted by atomic mass is 16.5. The Bertz CT molecular complexity index is 1010. The molecular weight excluding hydrogens is 330 g/mol. The van der Waals surface area contributed by atoms with E-state index in [1.807, 2.05) is 48.5 Å². The van der Waals surface area contributed by atoms with Crippen LogP contribution < -0.4 is 10.9 Å². The molecule has 2 aromatic carbocycles. The number of esters is 1. The van der Waals surface area contributed by atoms with Crippen molar-refractivity contribution in [2.45, 2.75) is 24.9 Å². The van der Waals surface area contributed by atoms with Crippen LogP contribution in [0.4, 0.5) is 0 Å². The number of methoxy groups -OCH3 is 1. The number of fused-ring (bicyclic) bond motifs is 1. The molecule has 0 spiro atoms. The van der Waals surface area contributed by atoms with Gasteiger partial charge in [-0.1, -0.05) is 30.3 Å². The second-order valence-corrected chi connectivity index (χ2v) is 6.39. The summed E-state index contributed by atoms with van der Waals surface area (Å²) in [6.07, 6.45) is 0.890. The van der Waals surface area contributed by atoms with E-state index in [-0.39, 0.29) is 23.6 Å². The number of hydrogen-bond acceptors (Lipinski definition) is 5. The maximum Gasteiger partial charge on any atom is 0.307 e. The van der Waals surface area contributed by atoms with Crippen molar-refractivity contribution in [1.29, 1.82) is 0 Å². The number of nitrogens with one attached hydrogen (secondary N) is 1. The zero-order valence-electron chi connectivity index (χ0n) is 14.4. The third-order valence-electron chi connectivity index (χ3n) is 4.68. The first-order valence-electron chi connectivity index (χ1n) is 8.56. The number of carbonyl (C=O) groups is 1. The van der Waals surface area contributed by atoms with Crippen molar-refractivity contribution < 1.29 is 9.53 Å². The molecule has 2 heterocycles. The average molecular weight is 349 g/mol. The molecule has 0 radical (unpaired) electrons. The van der Waals surface area contributed by atoms with Crippen LogP contribution in [0.25, 0.3) is 16.6 Å². The summed E-state index contributed by atoms with van der Waals surface area (Å²) in [4.78, 5) is 29.3. The zero-order valence-corrected chi connectivity index (χ0v) is 14.4. The van der Waals surface area contributed by atoms with Crippen molar-refractivity contribution in [1.82, 2.24) is 14.9 Å². The fraction of sp³-hybridized carbons (Fsp3) is 0.250. The summed E-state index contributed by atoms with van der Waals surface area (Å²) in [6.45, 7) is 0. The van der Waals surface area contributed by atoms with Crippen molar-refractivity contribution in [3.8, 4) is 5.69 Å². The van der Waals surface area contributed by atoms with Gasteiger partial charge in [-0.05, 0) is 24.3 Å². The monoisotopic (exact) mass is 349 g/mol. The van der Waals surface area contributed by atoms with E-state index in [4.69, 9.17) is 9.72 Å². The third-order valence-corrected chi connectivity index (χ3v) is 4.68. The van der Waals surface area contributed by atoms with E-state index < -0.39 is 0 Å². The lowest BCUT2D eigenvalue weighted by molar-refractivity contribution is -0.140. The Morgan fingerprint density at radius 3 is 2.62 bits per heavy atom. The van der Waals surface area contributed by atoms with Gasteiger partial charge in [0.1, 0.15) is 5.82 Å². The maximum absolute atomic E-state index is 13.1. The van der Waals surface area contributed by atoms with E-state index >= 15 is 0 Å². The van der Waals surface area contributed by atoms with Gasteiger partial charge < -0.3 is 10.1 Å². The molecule has 1 saturated heterocycles. The van der Waals surface area contributed by atoms with Crippen molar-refractivity contribution in [3.63, 3.8) is 0 Å². The number of carbonyl (C=O) groups excluding carboxylic acids is 1. The van der Waals surface area contributed by atoms with Gasteiger partial charge in [0.25, 0.3) is 5.56 Å². The van der Waals surface area contributed by atoms with Gasteiger partial charge in [-0.2, -0.15) is 0 Å². The highest BCUT2D eigenvalue weighted by Crippen LogP contribution is 2.21. The van der Waals surface area contributed by atoms with Crippen molar-refractivity contribution in [3.05, 3.63) is 70.8 Å². The molecule has 2 unspecified atom stereocenters. The highest BCUT2D eigenvalue weighted by Gasteiger charge is 2.39. The van der Waals surface area contributed by atoms with Gasteiger partial charge in [0.05, 0.1) is 30.1 Å². The maximum atomic E-state index is 13.1. The van der Waals surface area contributed by atoms with E-state index in [0.717, 1.165) is 5.69 Å². The lowest BCUT2D eigenvalue weighted by atomic mass is 10.1. The Labute approximate surface area is 150 Å². The van der Waals surface area contributed by atoms with Crippen LogP contribution in [0.3, 0.4) is 0 Å². The normalized spacial score (nSPS) is 18.7. The van der Waals surface area contributed by atoms with E-state index in [0.29, 0.717) is 29.6 Å². The first-order valence-corrected chi connectivity index (χ1v) is 8.56. The summed E-state index contributed by atoms with van der Waals surface area (Å²) in [5, 5.41) is 3.86. The van der Waals surface area contributed by atoms with Crippen LogP contribution in [-0.2, 0) is 16.0 Å². The summed E-state index contributed by atoms with van der Waals surface area (Å²) < 4.78 is 6.38. The van der Waals surface area contributed by atoms with Gasteiger partial charge in [-0.3, -0.25) is 14.2 Å². The number of ether oxygens (including phenoxy) is 1. The van der Waals surface area contributed by atoms with Crippen LogP contribution in [0.15, 0.2) is 59.4 Å². The molecule has 3 aromatic rings. The summed E-state index contributed by atoms with van der Waals surface area (Å²) in [7, 11) is 1.39. The molecule has 4 rings (SSSR count). The highest BCUT2D eigenvalue weighted by molar-refractivity contribution is 5.77. The Morgan fingerprint density at radius 2 is 1.85 bits per heavy atom. The lowest BCUT2D eigenvalue weighted by Gasteiger charge is -2.13. The smallest absolute Gasteiger partial charge is 0.307 e. The number of rotatable bonds is 5. The number of hydrogen-bond donors (Lipinski definition) is 1. The van der Waals surface area contributed by atoms with Crippen LogP contribution in [0.1, 0.15) is 12.2 Å². The molecule has 0 aliphatic carbocycles. The first-order chi connectivity index (χ1) is 12.7. The molecule has 132 valence electrons. The minimum Gasteiger partial charge on any atom is -0.469 e. The molecule has 1 aromatic heterocycles. The fourth-order valence-corrected chi connectivity index (χ4v) is 3.24. The van der Waals surface area contributed by atoms with Gasteiger partial charge in [0.15, 0.2) is 0 Å². The Balaban J connectivity index is 1.74. The van der Waals surface area contributed by atoms with Gasteiger partial charge in [0.2, 0.25) is 0 Å². The van der Waals surface area contributed by atoms with Crippen LogP contribution in [0.2, 0.25) is 0 Å². The van der Waals surface area contributed by atoms with Crippen molar-refractivity contribution >= 4 is 16.9 Å². The van der Waals surface area contributed by atoms with Gasteiger partial charge in [-0.25, -0.2) is 4.98 Å². The van der Waals surface area contributed by atoms with Crippen molar-refractivity contribution in [2.75, 3.05) is 7.11 Å².